The minimum atomic E-state index is -0.718. The van der Waals surface area contributed by atoms with Crippen molar-refractivity contribution in [3.8, 4) is 0 Å². The lowest BCUT2D eigenvalue weighted by atomic mass is 10.0. The van der Waals surface area contributed by atoms with E-state index in [9.17, 15) is 9.59 Å². The number of hydrogen-bond donors (Lipinski definition) is 0. The number of morpholine rings is 1. The summed E-state index contributed by atoms with van der Waals surface area (Å²) < 4.78 is 11.1. The number of amides is 1. The smallest absolute Gasteiger partial charge is 0.310 e. The summed E-state index contributed by atoms with van der Waals surface area (Å²) in [6.45, 7) is 10.8. The van der Waals surface area contributed by atoms with Gasteiger partial charge in [0.15, 0.2) is 6.10 Å². The Morgan fingerprint density at radius 2 is 1.96 bits per heavy atom. The zero-order valence-corrected chi connectivity index (χ0v) is 17.3. The summed E-state index contributed by atoms with van der Waals surface area (Å²) in [5.41, 5.74) is 1.22. The average molecular weight is 395 g/mol. The van der Waals surface area contributed by atoms with Gasteiger partial charge in [-0.1, -0.05) is 20.8 Å². The quantitative estimate of drug-likeness (QED) is 0.692. The van der Waals surface area contributed by atoms with Crippen LogP contribution >= 0.6 is 11.3 Å². The van der Waals surface area contributed by atoms with Gasteiger partial charge in [-0.25, -0.2) is 0 Å². The Morgan fingerprint density at radius 3 is 2.67 bits per heavy atom. The summed E-state index contributed by atoms with van der Waals surface area (Å²) in [6, 6.07) is 2.08. The third kappa shape index (κ3) is 5.09. The van der Waals surface area contributed by atoms with Gasteiger partial charge in [-0.15, -0.1) is 11.3 Å². The first-order chi connectivity index (χ1) is 13.0. The Bertz CT molecular complexity index is 654. The lowest BCUT2D eigenvalue weighted by Crippen LogP contribution is -2.47. The summed E-state index contributed by atoms with van der Waals surface area (Å²) in [4.78, 5) is 31.1. The maximum atomic E-state index is 13.0. The molecular weight excluding hydrogens is 364 g/mol. The minimum absolute atomic E-state index is 0.0547. The molecule has 0 N–H and O–H groups in total. The molecule has 0 saturated carbocycles. The van der Waals surface area contributed by atoms with E-state index in [0.29, 0.717) is 32.8 Å². The SMILES string of the molecule is CC(C)[C@H](OC(=O)[C@H](C)CN1CCOCC1)C(=O)N1CCc2sccc2C1. The Balaban J connectivity index is 1.58. The van der Waals surface area contributed by atoms with Crippen LogP contribution in [0, 0.1) is 11.8 Å². The summed E-state index contributed by atoms with van der Waals surface area (Å²) >= 11 is 1.75. The van der Waals surface area contributed by atoms with Gasteiger partial charge in [0, 0.05) is 37.6 Å². The highest BCUT2D eigenvalue weighted by Gasteiger charge is 2.34. The van der Waals surface area contributed by atoms with Crippen LogP contribution in [0.5, 0.6) is 0 Å². The largest absolute Gasteiger partial charge is 0.452 e. The van der Waals surface area contributed by atoms with E-state index < -0.39 is 6.10 Å². The second-order valence-electron chi connectivity index (χ2n) is 7.79. The molecule has 6 nitrogen and oxygen atoms in total. The predicted octanol–water partition coefficient (Wildman–Crippen LogP) is 2.17. The molecule has 150 valence electrons. The molecule has 2 aliphatic heterocycles. The zero-order chi connectivity index (χ0) is 19.4. The van der Waals surface area contributed by atoms with Gasteiger partial charge in [-0.3, -0.25) is 14.5 Å². The van der Waals surface area contributed by atoms with E-state index in [1.54, 1.807) is 11.3 Å². The third-order valence-corrected chi connectivity index (χ3v) is 6.27. The molecule has 7 heteroatoms. The van der Waals surface area contributed by atoms with Gasteiger partial charge in [-0.2, -0.15) is 0 Å². The number of carbonyl (C=O) groups excluding carboxylic acids is 2. The summed E-state index contributed by atoms with van der Waals surface area (Å²) in [5, 5.41) is 2.08. The van der Waals surface area contributed by atoms with E-state index in [0.717, 1.165) is 19.5 Å². The highest BCUT2D eigenvalue weighted by atomic mass is 32.1. The van der Waals surface area contributed by atoms with Crippen LogP contribution in [0.4, 0.5) is 0 Å². The molecule has 0 aromatic carbocycles. The van der Waals surface area contributed by atoms with Gasteiger partial charge in [0.25, 0.3) is 5.91 Å². The van der Waals surface area contributed by atoms with Crippen LogP contribution in [0.1, 0.15) is 31.2 Å². The van der Waals surface area contributed by atoms with Crippen molar-refractivity contribution in [2.24, 2.45) is 11.8 Å². The first-order valence-electron chi connectivity index (χ1n) is 9.80. The molecule has 1 amide bonds. The number of esters is 1. The first kappa shape index (κ1) is 20.3. The molecule has 1 aromatic heterocycles. The topological polar surface area (TPSA) is 59.1 Å². The lowest BCUT2D eigenvalue weighted by Gasteiger charge is -2.33. The van der Waals surface area contributed by atoms with Gasteiger partial charge in [0.05, 0.1) is 19.1 Å². The number of nitrogens with zero attached hydrogens (tertiary/aromatic N) is 2. The van der Waals surface area contributed by atoms with Crippen molar-refractivity contribution in [3.05, 3.63) is 21.9 Å². The molecule has 3 heterocycles. The molecule has 1 aromatic rings. The Labute approximate surface area is 165 Å². The van der Waals surface area contributed by atoms with E-state index in [1.165, 1.54) is 10.4 Å². The van der Waals surface area contributed by atoms with Crippen molar-refractivity contribution in [2.75, 3.05) is 39.4 Å². The molecule has 0 radical (unpaired) electrons. The molecule has 1 saturated heterocycles. The van der Waals surface area contributed by atoms with E-state index in [4.69, 9.17) is 9.47 Å². The number of hydrogen-bond acceptors (Lipinski definition) is 6. The average Bonchev–Trinajstić information content (AvgIpc) is 3.13. The Hall–Kier alpha value is -1.44. The second kappa shape index (κ2) is 9.17. The monoisotopic (exact) mass is 394 g/mol. The molecule has 0 bridgehead atoms. The van der Waals surface area contributed by atoms with Crippen molar-refractivity contribution in [3.63, 3.8) is 0 Å². The summed E-state index contributed by atoms with van der Waals surface area (Å²) in [5.74, 6) is -0.682. The van der Waals surface area contributed by atoms with Gasteiger partial charge < -0.3 is 14.4 Å². The van der Waals surface area contributed by atoms with Gasteiger partial charge >= 0.3 is 5.97 Å². The summed E-state index contributed by atoms with van der Waals surface area (Å²) in [7, 11) is 0. The third-order valence-electron chi connectivity index (χ3n) is 5.25. The van der Waals surface area contributed by atoms with Gasteiger partial charge in [0.2, 0.25) is 0 Å². The van der Waals surface area contributed by atoms with Crippen molar-refractivity contribution >= 4 is 23.2 Å². The Morgan fingerprint density at radius 1 is 1.22 bits per heavy atom. The minimum Gasteiger partial charge on any atom is -0.452 e. The van der Waals surface area contributed by atoms with Crippen molar-refractivity contribution in [1.29, 1.82) is 0 Å². The van der Waals surface area contributed by atoms with E-state index in [1.807, 2.05) is 25.7 Å². The molecular formula is C20H30N2O4S. The highest BCUT2D eigenvalue weighted by molar-refractivity contribution is 7.10. The van der Waals surface area contributed by atoms with Crippen LogP contribution in [-0.2, 0) is 32.0 Å². The highest BCUT2D eigenvalue weighted by Crippen LogP contribution is 2.25. The molecule has 1 fully saturated rings. The molecule has 2 aliphatic rings. The lowest BCUT2D eigenvalue weighted by molar-refractivity contribution is -0.167. The molecule has 0 aliphatic carbocycles. The fraction of sp³-hybridized carbons (Fsp3) is 0.700. The van der Waals surface area contributed by atoms with Crippen LogP contribution < -0.4 is 0 Å². The van der Waals surface area contributed by atoms with Crippen LogP contribution in [0.25, 0.3) is 0 Å². The van der Waals surface area contributed by atoms with Gasteiger partial charge in [-0.05, 0) is 29.3 Å². The van der Waals surface area contributed by atoms with Crippen molar-refractivity contribution in [2.45, 2.75) is 39.8 Å². The predicted molar refractivity (Wildman–Crippen MR) is 105 cm³/mol. The maximum absolute atomic E-state index is 13.0. The normalized spacial score (nSPS) is 20.2. The second-order valence-corrected chi connectivity index (χ2v) is 8.80. The maximum Gasteiger partial charge on any atom is 0.310 e. The molecule has 2 atom stereocenters. The first-order valence-corrected chi connectivity index (χ1v) is 10.7. The van der Waals surface area contributed by atoms with E-state index in [-0.39, 0.29) is 23.7 Å². The van der Waals surface area contributed by atoms with Crippen molar-refractivity contribution < 1.29 is 19.1 Å². The zero-order valence-electron chi connectivity index (χ0n) is 16.5. The van der Waals surface area contributed by atoms with Gasteiger partial charge in [0.1, 0.15) is 0 Å². The molecule has 0 unspecified atom stereocenters. The molecule has 0 spiro atoms. The standard InChI is InChI=1S/C20H30N2O4S/c1-14(2)18(19(23)22-6-4-17-16(13-22)5-11-27-17)26-20(24)15(3)12-21-7-9-25-10-8-21/h5,11,14-15,18H,4,6-10,12-13H2,1-3H3/t15-,18+/m1/s1. The Kier molecular flexibility index (Phi) is 6.89. The van der Waals surface area contributed by atoms with E-state index in [2.05, 4.69) is 16.3 Å². The van der Waals surface area contributed by atoms with Crippen molar-refractivity contribution in [1.82, 2.24) is 9.80 Å². The van der Waals surface area contributed by atoms with Crippen LogP contribution in [0.2, 0.25) is 0 Å². The fourth-order valence-corrected chi connectivity index (χ4v) is 4.46. The molecule has 27 heavy (non-hydrogen) atoms. The van der Waals surface area contributed by atoms with E-state index >= 15 is 0 Å². The summed E-state index contributed by atoms with van der Waals surface area (Å²) in [6.07, 6.45) is 0.162. The number of fused-ring (bicyclic) bond motifs is 1. The number of carbonyl (C=O) groups is 2. The van der Waals surface area contributed by atoms with Crippen LogP contribution in [-0.4, -0.2) is 67.2 Å². The number of ether oxygens (including phenoxy) is 2. The van der Waals surface area contributed by atoms with Crippen LogP contribution in [0.3, 0.4) is 0 Å². The number of rotatable bonds is 6. The molecule has 3 rings (SSSR count). The fourth-order valence-electron chi connectivity index (χ4n) is 3.58. The van der Waals surface area contributed by atoms with Crippen LogP contribution in [0.15, 0.2) is 11.4 Å². The number of thiophene rings is 1.